The van der Waals surface area contributed by atoms with E-state index in [1.807, 2.05) is 0 Å². The van der Waals surface area contributed by atoms with Gasteiger partial charge in [0.2, 0.25) is 10.0 Å². The summed E-state index contributed by atoms with van der Waals surface area (Å²) in [4.78, 5) is 11.7. The van der Waals surface area contributed by atoms with Gasteiger partial charge in [-0.1, -0.05) is 29.8 Å². The summed E-state index contributed by atoms with van der Waals surface area (Å²) in [5.74, 6) is -0.827. The van der Waals surface area contributed by atoms with Crippen molar-refractivity contribution < 1.29 is 31.1 Å². The average molecular weight is 464 g/mol. The van der Waals surface area contributed by atoms with Crippen LogP contribution in [0.1, 0.15) is 31.9 Å². The molecule has 0 aromatic heterocycles. The molecule has 0 heterocycles. The maximum atomic E-state index is 13.1. The fraction of sp³-hybridized carbons (Fsp3) is 0.350. The number of hydrogen-bond donors (Lipinski definition) is 0. The Morgan fingerprint density at radius 2 is 1.67 bits per heavy atom. The van der Waals surface area contributed by atoms with Gasteiger partial charge in [0.15, 0.2) is 0 Å². The van der Waals surface area contributed by atoms with Crippen molar-refractivity contribution >= 4 is 27.6 Å². The predicted octanol–water partition coefficient (Wildman–Crippen LogP) is 4.89. The number of benzene rings is 2. The number of sulfonamides is 1. The molecule has 0 fully saturated rings. The molecular formula is C20H21ClF3NO4S. The first-order chi connectivity index (χ1) is 13.7. The molecule has 164 valence electrons. The molecule has 0 radical (unpaired) electrons. The molecule has 0 unspecified atom stereocenters. The van der Waals surface area contributed by atoms with Crippen LogP contribution in [0.2, 0.25) is 5.02 Å². The number of carbonyl (C=O) groups is 1. The highest BCUT2D eigenvalue weighted by Crippen LogP contribution is 2.31. The summed E-state index contributed by atoms with van der Waals surface area (Å²) in [5.41, 5.74) is -1.46. The van der Waals surface area contributed by atoms with Crippen LogP contribution in [0.25, 0.3) is 0 Å². The molecule has 2 aromatic rings. The molecule has 0 saturated heterocycles. The lowest BCUT2D eigenvalue weighted by atomic mass is 10.2. The summed E-state index contributed by atoms with van der Waals surface area (Å²) < 4.78 is 71.3. The summed E-state index contributed by atoms with van der Waals surface area (Å²) in [6.45, 7) is 3.94. The molecular weight excluding hydrogens is 443 g/mol. The summed E-state index contributed by atoms with van der Waals surface area (Å²) in [6, 6.07) is 9.57. The van der Waals surface area contributed by atoms with Gasteiger partial charge in [-0.3, -0.25) is 4.79 Å². The zero-order valence-electron chi connectivity index (χ0n) is 16.5. The Morgan fingerprint density at radius 1 is 1.07 bits per heavy atom. The van der Waals surface area contributed by atoms with Crippen molar-refractivity contribution in [2.45, 2.75) is 44.0 Å². The largest absolute Gasteiger partial charge is 0.459 e. The Bertz CT molecular complexity index is 1000. The zero-order chi connectivity index (χ0) is 22.7. The minimum Gasteiger partial charge on any atom is -0.459 e. The molecule has 0 N–H and O–H groups in total. The van der Waals surface area contributed by atoms with Gasteiger partial charge >= 0.3 is 12.1 Å². The summed E-state index contributed by atoms with van der Waals surface area (Å²) in [6.07, 6.45) is -4.71. The Hall–Kier alpha value is -2.10. The van der Waals surface area contributed by atoms with E-state index in [2.05, 4.69) is 0 Å². The molecule has 0 aliphatic rings. The summed E-state index contributed by atoms with van der Waals surface area (Å²) in [7, 11) is -4.44. The van der Waals surface area contributed by atoms with Gasteiger partial charge in [0.05, 0.1) is 10.5 Å². The molecule has 0 aliphatic carbocycles. The first kappa shape index (κ1) is 24.2. The monoisotopic (exact) mass is 463 g/mol. The van der Waals surface area contributed by atoms with Crippen LogP contribution in [0.4, 0.5) is 13.2 Å². The van der Waals surface area contributed by atoms with E-state index < -0.39 is 44.8 Å². The second-order valence-corrected chi connectivity index (χ2v) is 9.89. The van der Waals surface area contributed by atoms with Gasteiger partial charge in [0.1, 0.15) is 12.1 Å². The van der Waals surface area contributed by atoms with Gasteiger partial charge in [0.25, 0.3) is 0 Å². The van der Waals surface area contributed by atoms with E-state index in [1.54, 1.807) is 45.0 Å². The highest BCUT2D eigenvalue weighted by Gasteiger charge is 2.34. The maximum Gasteiger partial charge on any atom is 0.416 e. The van der Waals surface area contributed by atoms with E-state index >= 15 is 0 Å². The topological polar surface area (TPSA) is 63.7 Å². The van der Waals surface area contributed by atoms with Crippen LogP contribution in [-0.2, 0) is 32.3 Å². The molecule has 0 spiro atoms. The van der Waals surface area contributed by atoms with Gasteiger partial charge in [-0.15, -0.1) is 0 Å². The molecule has 0 aliphatic heterocycles. The molecule has 0 atom stereocenters. The van der Waals surface area contributed by atoms with Crippen LogP contribution in [0.15, 0.2) is 53.4 Å². The van der Waals surface area contributed by atoms with Gasteiger partial charge in [-0.05, 0) is 56.7 Å². The fourth-order valence-corrected chi connectivity index (χ4v) is 4.06. The highest BCUT2D eigenvalue weighted by molar-refractivity contribution is 7.89. The Labute approximate surface area is 178 Å². The maximum absolute atomic E-state index is 13.1. The molecule has 10 heteroatoms. The fourth-order valence-electron chi connectivity index (χ4n) is 2.52. The van der Waals surface area contributed by atoms with E-state index in [1.165, 1.54) is 0 Å². The third kappa shape index (κ3) is 6.72. The van der Waals surface area contributed by atoms with Crippen LogP contribution in [0.3, 0.4) is 0 Å². The lowest BCUT2D eigenvalue weighted by Gasteiger charge is -2.25. The highest BCUT2D eigenvalue weighted by atomic mass is 35.5. The molecule has 30 heavy (non-hydrogen) atoms. The zero-order valence-corrected chi connectivity index (χ0v) is 18.1. The van der Waals surface area contributed by atoms with Crippen molar-refractivity contribution in [3.63, 3.8) is 0 Å². The summed E-state index contributed by atoms with van der Waals surface area (Å²) >= 11 is 5.84. The van der Waals surface area contributed by atoms with E-state index in [4.69, 9.17) is 16.3 Å². The first-order valence-electron chi connectivity index (χ1n) is 8.82. The number of hydrogen-bond acceptors (Lipinski definition) is 4. The lowest BCUT2D eigenvalue weighted by Crippen LogP contribution is -2.38. The van der Waals surface area contributed by atoms with Crippen LogP contribution in [0, 0.1) is 0 Å². The molecule has 2 rings (SSSR count). The van der Waals surface area contributed by atoms with Gasteiger partial charge in [0, 0.05) is 11.6 Å². The van der Waals surface area contributed by atoms with Crippen LogP contribution in [-0.4, -0.2) is 30.8 Å². The Kier molecular flexibility index (Phi) is 7.21. The number of halogens is 4. The number of nitrogens with zero attached hydrogens (tertiary/aromatic N) is 1. The standard InChI is InChI=1S/C20H21ClF3NO4S/c1-19(2,3)29-18(26)13-25(12-14-7-9-16(21)10-8-14)30(27,28)17-6-4-5-15(11-17)20(22,23)24/h4-11H,12-13H2,1-3H3. The SMILES string of the molecule is CC(C)(C)OC(=O)CN(Cc1ccc(Cl)cc1)S(=O)(=O)c1cccc(C(F)(F)F)c1. The van der Waals surface area contributed by atoms with Crippen molar-refractivity contribution in [3.8, 4) is 0 Å². The van der Waals surface area contributed by atoms with Crippen molar-refractivity contribution in [3.05, 3.63) is 64.7 Å². The van der Waals surface area contributed by atoms with Gasteiger partial charge in [-0.2, -0.15) is 17.5 Å². The normalized spacial score (nSPS) is 12.8. The number of ether oxygens (including phenoxy) is 1. The molecule has 0 amide bonds. The van der Waals surface area contributed by atoms with E-state index in [9.17, 15) is 26.4 Å². The van der Waals surface area contributed by atoms with Crippen molar-refractivity contribution in [1.82, 2.24) is 4.31 Å². The number of rotatable bonds is 6. The molecule has 0 saturated carbocycles. The summed E-state index contributed by atoms with van der Waals surface area (Å²) in [5, 5.41) is 0.429. The predicted molar refractivity (Wildman–Crippen MR) is 106 cm³/mol. The average Bonchev–Trinajstić information content (AvgIpc) is 2.61. The van der Waals surface area contributed by atoms with E-state index in [0.717, 1.165) is 22.5 Å². The van der Waals surface area contributed by atoms with Gasteiger partial charge in [-0.25, -0.2) is 8.42 Å². The van der Waals surface area contributed by atoms with E-state index in [0.29, 0.717) is 16.7 Å². The third-order valence-corrected chi connectivity index (χ3v) is 5.84. The van der Waals surface area contributed by atoms with Crippen molar-refractivity contribution in [2.75, 3.05) is 6.54 Å². The van der Waals surface area contributed by atoms with E-state index in [-0.39, 0.29) is 6.54 Å². The quantitative estimate of drug-likeness (QED) is 0.572. The second-order valence-electron chi connectivity index (χ2n) is 7.51. The minimum absolute atomic E-state index is 0.255. The number of esters is 1. The Morgan fingerprint density at radius 3 is 2.20 bits per heavy atom. The van der Waals surface area contributed by atoms with Crippen molar-refractivity contribution in [1.29, 1.82) is 0 Å². The molecule has 0 bridgehead atoms. The van der Waals surface area contributed by atoms with Crippen LogP contribution >= 0.6 is 11.6 Å². The van der Waals surface area contributed by atoms with Gasteiger partial charge < -0.3 is 4.74 Å². The molecule has 5 nitrogen and oxygen atoms in total. The number of carbonyl (C=O) groups excluding carboxylic acids is 1. The van der Waals surface area contributed by atoms with Crippen LogP contribution in [0.5, 0.6) is 0 Å². The smallest absolute Gasteiger partial charge is 0.416 e. The van der Waals surface area contributed by atoms with Crippen LogP contribution < -0.4 is 0 Å². The molecule has 2 aromatic carbocycles. The lowest BCUT2D eigenvalue weighted by molar-refractivity contribution is -0.155. The van der Waals surface area contributed by atoms with Crippen molar-refractivity contribution in [2.24, 2.45) is 0 Å². The number of alkyl halides is 3. The Balaban J connectivity index is 2.43. The minimum atomic E-state index is -4.71. The second kappa shape index (κ2) is 8.95. The first-order valence-corrected chi connectivity index (χ1v) is 10.6. The third-order valence-electron chi connectivity index (χ3n) is 3.80.